The molecule has 0 saturated carbocycles. The van der Waals surface area contributed by atoms with Crippen LogP contribution in [0.2, 0.25) is 5.02 Å². The molecule has 0 unspecified atom stereocenters. The molecular weight excluding hydrogens is 454 g/mol. The maximum absolute atomic E-state index is 14.2. The maximum Gasteiger partial charge on any atom is 0.336 e. The quantitative estimate of drug-likeness (QED) is 0.428. The highest BCUT2D eigenvalue weighted by molar-refractivity contribution is 6.39. The summed E-state index contributed by atoms with van der Waals surface area (Å²) in [6.45, 7) is 0.154. The molecule has 0 bridgehead atoms. The molecule has 166 valence electrons. The molecule has 6 nitrogen and oxygen atoms in total. The molecule has 33 heavy (non-hydrogen) atoms. The number of carbonyl (C=O) groups excluding carboxylic acids is 3. The lowest BCUT2D eigenvalue weighted by molar-refractivity contribution is -0.122. The molecular formula is C24H15ClF2N2O4. The van der Waals surface area contributed by atoms with Crippen LogP contribution in [0.5, 0.6) is 5.75 Å². The first-order chi connectivity index (χ1) is 15.8. The number of rotatable bonds is 5. The topological polar surface area (TPSA) is 75.7 Å². The minimum absolute atomic E-state index is 0.154. The fourth-order valence-corrected chi connectivity index (χ4v) is 3.39. The normalized spacial score (nSPS) is 15.1. The fourth-order valence-electron chi connectivity index (χ4n) is 3.14. The van der Waals surface area contributed by atoms with Gasteiger partial charge in [-0.3, -0.25) is 14.9 Å². The van der Waals surface area contributed by atoms with Crippen molar-refractivity contribution < 1.29 is 27.9 Å². The standard InChI is InChI=1S/C24H15ClF2N2O4/c25-18-12-15(7-10-21(18)33-13-14-5-8-16(26)9-6-14)11-17-22(30)28-24(32)29(23(17)31)20-4-2-1-3-19(20)27/h1-12H,13H2,(H,28,30,32)/b17-11-. The van der Waals surface area contributed by atoms with E-state index in [0.717, 1.165) is 11.6 Å². The van der Waals surface area contributed by atoms with Gasteiger partial charge in [0.2, 0.25) is 0 Å². The SMILES string of the molecule is O=C1NC(=O)N(c2ccccc2F)C(=O)/C1=C\c1ccc(OCc2ccc(F)cc2)c(Cl)c1. The van der Waals surface area contributed by atoms with Crippen molar-refractivity contribution in [2.24, 2.45) is 0 Å². The third kappa shape index (κ3) is 4.75. The number of nitrogens with one attached hydrogen (secondary N) is 1. The second-order valence-electron chi connectivity index (χ2n) is 7.01. The van der Waals surface area contributed by atoms with Crippen LogP contribution in [0.4, 0.5) is 19.3 Å². The summed E-state index contributed by atoms with van der Waals surface area (Å²) in [6, 6.07) is 14.5. The Labute approximate surface area is 192 Å². The number of hydrogen-bond donors (Lipinski definition) is 1. The van der Waals surface area contributed by atoms with Gasteiger partial charge in [-0.2, -0.15) is 0 Å². The zero-order valence-electron chi connectivity index (χ0n) is 16.8. The van der Waals surface area contributed by atoms with Crippen molar-refractivity contribution in [3.8, 4) is 5.75 Å². The average Bonchev–Trinajstić information content (AvgIpc) is 2.78. The van der Waals surface area contributed by atoms with Crippen LogP contribution in [0.1, 0.15) is 11.1 Å². The summed E-state index contributed by atoms with van der Waals surface area (Å²) in [7, 11) is 0. The summed E-state index contributed by atoms with van der Waals surface area (Å²) in [5, 5.41) is 2.24. The molecule has 3 aromatic rings. The lowest BCUT2D eigenvalue weighted by Crippen LogP contribution is -2.54. The second-order valence-corrected chi connectivity index (χ2v) is 7.42. The molecule has 4 rings (SSSR count). The van der Waals surface area contributed by atoms with Crippen molar-refractivity contribution in [3.63, 3.8) is 0 Å². The van der Waals surface area contributed by atoms with Crippen molar-refractivity contribution in [3.05, 3.63) is 100 Å². The minimum Gasteiger partial charge on any atom is -0.487 e. The van der Waals surface area contributed by atoms with Gasteiger partial charge in [-0.1, -0.05) is 41.9 Å². The van der Waals surface area contributed by atoms with Crippen LogP contribution in [0.15, 0.2) is 72.3 Å². The Morgan fingerprint density at radius 3 is 2.39 bits per heavy atom. The zero-order valence-corrected chi connectivity index (χ0v) is 17.6. The summed E-state index contributed by atoms with van der Waals surface area (Å²) in [4.78, 5) is 37.9. The average molecular weight is 469 g/mol. The monoisotopic (exact) mass is 468 g/mol. The van der Waals surface area contributed by atoms with Crippen LogP contribution in [0.3, 0.4) is 0 Å². The predicted molar refractivity (Wildman–Crippen MR) is 118 cm³/mol. The number of para-hydroxylation sites is 1. The summed E-state index contributed by atoms with van der Waals surface area (Å²) in [5.41, 5.74) is 0.478. The highest BCUT2D eigenvalue weighted by Gasteiger charge is 2.37. The van der Waals surface area contributed by atoms with E-state index in [1.54, 1.807) is 24.3 Å². The van der Waals surface area contributed by atoms with Crippen LogP contribution < -0.4 is 15.0 Å². The number of hydrogen-bond acceptors (Lipinski definition) is 4. The van der Waals surface area contributed by atoms with Gasteiger partial charge in [0, 0.05) is 0 Å². The van der Waals surface area contributed by atoms with E-state index in [4.69, 9.17) is 16.3 Å². The van der Waals surface area contributed by atoms with Crippen LogP contribution >= 0.6 is 11.6 Å². The molecule has 1 saturated heterocycles. The number of urea groups is 1. The molecule has 3 aromatic carbocycles. The van der Waals surface area contributed by atoms with Gasteiger partial charge >= 0.3 is 6.03 Å². The van der Waals surface area contributed by atoms with E-state index < -0.39 is 23.7 Å². The molecule has 0 radical (unpaired) electrons. The number of imide groups is 2. The van der Waals surface area contributed by atoms with Gasteiger partial charge in [0.1, 0.15) is 29.6 Å². The van der Waals surface area contributed by atoms with E-state index >= 15 is 0 Å². The third-order valence-electron chi connectivity index (χ3n) is 4.77. The number of ether oxygens (including phenoxy) is 1. The second kappa shape index (κ2) is 9.22. The van der Waals surface area contributed by atoms with Gasteiger partial charge < -0.3 is 4.74 Å². The summed E-state index contributed by atoms with van der Waals surface area (Å²) >= 11 is 6.27. The lowest BCUT2D eigenvalue weighted by atomic mass is 10.1. The van der Waals surface area contributed by atoms with Crippen LogP contribution in [-0.4, -0.2) is 17.8 Å². The molecule has 0 aliphatic carbocycles. The van der Waals surface area contributed by atoms with Crippen LogP contribution in [0, 0.1) is 11.6 Å². The third-order valence-corrected chi connectivity index (χ3v) is 5.06. The van der Waals surface area contributed by atoms with Crippen molar-refractivity contribution in [2.45, 2.75) is 6.61 Å². The molecule has 0 atom stereocenters. The Morgan fingerprint density at radius 2 is 1.70 bits per heavy atom. The number of carbonyl (C=O) groups is 3. The number of benzene rings is 3. The van der Waals surface area contributed by atoms with Gasteiger partial charge in [-0.05, 0) is 53.6 Å². The molecule has 1 aliphatic rings. The largest absolute Gasteiger partial charge is 0.487 e. The van der Waals surface area contributed by atoms with Crippen LogP contribution in [-0.2, 0) is 16.2 Å². The number of barbiturate groups is 1. The molecule has 1 heterocycles. The van der Waals surface area contributed by atoms with E-state index in [-0.39, 0.29) is 28.7 Å². The van der Waals surface area contributed by atoms with E-state index in [1.807, 2.05) is 5.32 Å². The van der Waals surface area contributed by atoms with Gasteiger partial charge in [-0.15, -0.1) is 0 Å². The molecule has 1 aliphatic heterocycles. The van der Waals surface area contributed by atoms with E-state index in [1.165, 1.54) is 42.5 Å². The molecule has 1 fully saturated rings. The zero-order chi connectivity index (χ0) is 23.5. The van der Waals surface area contributed by atoms with E-state index in [0.29, 0.717) is 16.2 Å². The number of anilines is 1. The van der Waals surface area contributed by atoms with Gasteiger partial charge in [0.25, 0.3) is 11.8 Å². The van der Waals surface area contributed by atoms with E-state index in [9.17, 15) is 23.2 Å². The van der Waals surface area contributed by atoms with Crippen molar-refractivity contribution in [1.82, 2.24) is 5.32 Å². The first kappa shape index (κ1) is 22.2. The maximum atomic E-state index is 14.2. The number of halogens is 3. The summed E-state index contributed by atoms with van der Waals surface area (Å²) in [6.07, 6.45) is 1.24. The molecule has 1 N–H and O–H groups in total. The van der Waals surface area contributed by atoms with Crippen molar-refractivity contribution >= 4 is 41.2 Å². The first-order valence-corrected chi connectivity index (χ1v) is 10.0. The Bertz CT molecular complexity index is 1290. The Kier molecular flexibility index (Phi) is 6.19. The fraction of sp³-hybridized carbons (Fsp3) is 0.0417. The molecule has 0 aromatic heterocycles. The Balaban J connectivity index is 1.57. The minimum atomic E-state index is -1.05. The highest BCUT2D eigenvalue weighted by atomic mass is 35.5. The highest BCUT2D eigenvalue weighted by Crippen LogP contribution is 2.29. The number of nitrogens with zero attached hydrogens (tertiary/aromatic N) is 1. The van der Waals surface area contributed by atoms with Crippen LogP contribution in [0.25, 0.3) is 6.08 Å². The summed E-state index contributed by atoms with van der Waals surface area (Å²) < 4.78 is 32.8. The van der Waals surface area contributed by atoms with Crippen molar-refractivity contribution in [1.29, 1.82) is 0 Å². The Morgan fingerprint density at radius 1 is 0.970 bits per heavy atom. The first-order valence-electron chi connectivity index (χ1n) is 9.66. The van der Waals surface area contributed by atoms with Crippen molar-refractivity contribution in [2.75, 3.05) is 4.90 Å². The Hall–Kier alpha value is -4.04. The van der Waals surface area contributed by atoms with Gasteiger partial charge in [-0.25, -0.2) is 18.5 Å². The molecule has 9 heteroatoms. The lowest BCUT2D eigenvalue weighted by Gasteiger charge is -2.26. The smallest absolute Gasteiger partial charge is 0.336 e. The molecule has 4 amide bonds. The number of amides is 4. The van der Waals surface area contributed by atoms with E-state index in [2.05, 4.69) is 0 Å². The molecule has 0 spiro atoms. The predicted octanol–water partition coefficient (Wildman–Crippen LogP) is 4.86. The summed E-state index contributed by atoms with van der Waals surface area (Å²) in [5.74, 6) is -2.69. The van der Waals surface area contributed by atoms with Gasteiger partial charge in [0.05, 0.1) is 10.7 Å². The van der Waals surface area contributed by atoms with Gasteiger partial charge in [0.15, 0.2) is 0 Å².